The van der Waals surface area contributed by atoms with Gasteiger partial charge in [-0.3, -0.25) is 13.9 Å². The first-order valence-electron chi connectivity index (χ1n) is 14.5. The lowest BCUT2D eigenvalue weighted by Gasteiger charge is -2.26. The van der Waals surface area contributed by atoms with Gasteiger partial charge < -0.3 is 10.1 Å². The number of sulfonamides is 1. The molecule has 2 N–H and O–H groups in total. The summed E-state index contributed by atoms with van der Waals surface area (Å²) in [6, 6.07) is 40.2. The summed E-state index contributed by atoms with van der Waals surface area (Å²) in [5.74, 6) is -0.311. The molecule has 0 saturated heterocycles. The zero-order valence-corrected chi connectivity index (χ0v) is 25.6. The van der Waals surface area contributed by atoms with Crippen molar-refractivity contribution in [2.24, 2.45) is 5.10 Å². The van der Waals surface area contributed by atoms with Gasteiger partial charge in [0.1, 0.15) is 5.75 Å². The van der Waals surface area contributed by atoms with Gasteiger partial charge in [-0.1, -0.05) is 91.0 Å². The second-order valence-corrected chi connectivity index (χ2v) is 12.0. The van der Waals surface area contributed by atoms with Gasteiger partial charge in [0.05, 0.1) is 28.9 Å². The highest BCUT2D eigenvalue weighted by Gasteiger charge is 2.28. The maximum absolute atomic E-state index is 13.8. The first-order chi connectivity index (χ1) is 22.4. The number of amides is 2. The molecule has 0 bridgehead atoms. The molecular formula is C36H32N4O5S. The number of carbonyl (C=O) groups is 2. The number of benzene rings is 5. The largest absolute Gasteiger partial charge is 0.484 e. The van der Waals surface area contributed by atoms with Gasteiger partial charge in [-0.05, 0) is 65.2 Å². The van der Waals surface area contributed by atoms with Gasteiger partial charge in [0.25, 0.3) is 21.8 Å². The Kier molecular flexibility index (Phi) is 10.5. The van der Waals surface area contributed by atoms with Crippen LogP contribution in [0.2, 0.25) is 0 Å². The summed E-state index contributed by atoms with van der Waals surface area (Å²) in [5.41, 5.74) is 5.30. The Bertz CT molecular complexity index is 1880. The van der Waals surface area contributed by atoms with E-state index >= 15 is 0 Å². The maximum Gasteiger partial charge on any atom is 0.273 e. The Morgan fingerprint density at radius 2 is 1.30 bits per heavy atom. The van der Waals surface area contributed by atoms with Gasteiger partial charge >= 0.3 is 0 Å². The molecule has 0 fully saturated rings. The zero-order chi connectivity index (χ0) is 32.2. The maximum atomic E-state index is 13.8. The Hall–Kier alpha value is -5.74. The van der Waals surface area contributed by atoms with Crippen molar-refractivity contribution in [2.45, 2.75) is 18.0 Å². The molecule has 0 atom stereocenters. The minimum absolute atomic E-state index is 0.0226. The molecule has 0 saturated carbocycles. The number of hydrogen-bond acceptors (Lipinski definition) is 6. The fraction of sp³-hybridized carbons (Fsp3) is 0.0833. The molecule has 0 aliphatic rings. The third-order valence-corrected chi connectivity index (χ3v) is 8.65. The van der Waals surface area contributed by atoms with E-state index in [1.54, 1.807) is 66.7 Å². The molecule has 232 valence electrons. The van der Waals surface area contributed by atoms with Gasteiger partial charge in [-0.2, -0.15) is 5.10 Å². The Balaban J connectivity index is 1.24. The van der Waals surface area contributed by atoms with E-state index in [0.717, 1.165) is 11.1 Å². The third kappa shape index (κ3) is 8.46. The van der Waals surface area contributed by atoms with Crippen LogP contribution in [0.25, 0.3) is 0 Å². The smallest absolute Gasteiger partial charge is 0.273 e. The van der Waals surface area contributed by atoms with Gasteiger partial charge in [0.2, 0.25) is 0 Å². The quantitative estimate of drug-likeness (QED) is 0.131. The van der Waals surface area contributed by atoms with E-state index in [0.29, 0.717) is 17.9 Å². The molecule has 9 nitrogen and oxygen atoms in total. The molecule has 0 spiro atoms. The van der Waals surface area contributed by atoms with E-state index in [9.17, 15) is 18.0 Å². The molecule has 5 rings (SSSR count). The Morgan fingerprint density at radius 1 is 0.717 bits per heavy atom. The zero-order valence-electron chi connectivity index (χ0n) is 24.8. The van der Waals surface area contributed by atoms with Crippen LogP contribution in [-0.4, -0.2) is 33.1 Å². The molecule has 0 radical (unpaired) electrons. The number of hydrogen-bond donors (Lipinski definition) is 2. The number of nitrogens with zero attached hydrogens (tertiary/aromatic N) is 2. The lowest BCUT2D eigenvalue weighted by molar-refractivity contribution is -0.123. The molecule has 5 aromatic carbocycles. The monoisotopic (exact) mass is 632 g/mol. The van der Waals surface area contributed by atoms with E-state index in [-0.39, 0.29) is 35.2 Å². The van der Waals surface area contributed by atoms with Gasteiger partial charge in [0, 0.05) is 6.54 Å². The number of anilines is 1. The predicted molar refractivity (Wildman–Crippen MR) is 178 cm³/mol. The highest BCUT2D eigenvalue weighted by molar-refractivity contribution is 7.92. The molecule has 5 aromatic rings. The fourth-order valence-electron chi connectivity index (χ4n) is 4.52. The highest BCUT2D eigenvalue weighted by atomic mass is 32.2. The third-order valence-electron chi connectivity index (χ3n) is 6.88. The van der Waals surface area contributed by atoms with Crippen LogP contribution in [0.1, 0.15) is 27.0 Å². The molecule has 0 aliphatic carbocycles. The molecule has 10 heteroatoms. The summed E-state index contributed by atoms with van der Waals surface area (Å²) in [5, 5.41) is 6.89. The van der Waals surface area contributed by atoms with Gasteiger partial charge in [-0.15, -0.1) is 0 Å². The first kappa shape index (κ1) is 31.7. The first-order valence-corrected chi connectivity index (χ1v) is 15.9. The molecule has 0 aliphatic heterocycles. The van der Waals surface area contributed by atoms with E-state index in [4.69, 9.17) is 4.74 Å². The van der Waals surface area contributed by atoms with Crippen molar-refractivity contribution in [1.29, 1.82) is 0 Å². The normalized spacial score (nSPS) is 11.1. The van der Waals surface area contributed by atoms with Crippen LogP contribution < -0.4 is 19.8 Å². The minimum Gasteiger partial charge on any atom is -0.484 e. The number of hydrazone groups is 1. The van der Waals surface area contributed by atoms with Crippen LogP contribution >= 0.6 is 0 Å². The summed E-state index contributed by atoms with van der Waals surface area (Å²) < 4.78 is 34.5. The fourth-order valence-corrected chi connectivity index (χ4v) is 6.02. The summed E-state index contributed by atoms with van der Waals surface area (Å²) >= 11 is 0. The van der Waals surface area contributed by atoms with Crippen molar-refractivity contribution in [2.75, 3.05) is 10.9 Å². The molecule has 46 heavy (non-hydrogen) atoms. The van der Waals surface area contributed by atoms with Crippen molar-refractivity contribution in [1.82, 2.24) is 10.7 Å². The lowest BCUT2D eigenvalue weighted by Crippen LogP contribution is -2.33. The van der Waals surface area contributed by atoms with Crippen molar-refractivity contribution >= 4 is 33.7 Å². The van der Waals surface area contributed by atoms with E-state index in [1.165, 1.54) is 22.7 Å². The van der Waals surface area contributed by atoms with Crippen LogP contribution in [0.4, 0.5) is 5.69 Å². The number of rotatable bonds is 13. The summed E-state index contributed by atoms with van der Waals surface area (Å²) in [4.78, 5) is 25.6. The summed E-state index contributed by atoms with van der Waals surface area (Å²) in [6.45, 7) is 0.314. The molecule has 0 unspecified atom stereocenters. The molecule has 2 amide bonds. The highest BCUT2D eigenvalue weighted by Crippen LogP contribution is 2.29. The average Bonchev–Trinajstić information content (AvgIpc) is 3.10. The van der Waals surface area contributed by atoms with E-state index in [2.05, 4.69) is 15.8 Å². The van der Waals surface area contributed by atoms with Crippen LogP contribution in [0.5, 0.6) is 5.75 Å². The van der Waals surface area contributed by atoms with Crippen LogP contribution in [0.3, 0.4) is 0 Å². The van der Waals surface area contributed by atoms with Gasteiger partial charge in [0.15, 0.2) is 6.61 Å². The van der Waals surface area contributed by atoms with E-state index < -0.39 is 15.9 Å². The number of carbonyl (C=O) groups excluding carboxylic acids is 2. The second-order valence-electron chi connectivity index (χ2n) is 10.1. The van der Waals surface area contributed by atoms with E-state index in [1.807, 2.05) is 60.7 Å². The van der Waals surface area contributed by atoms with Crippen LogP contribution in [0, 0.1) is 0 Å². The number of ether oxygens (including phenoxy) is 1. The van der Waals surface area contributed by atoms with Crippen molar-refractivity contribution in [3.63, 3.8) is 0 Å². The summed E-state index contributed by atoms with van der Waals surface area (Å²) in [6.07, 6.45) is 1.46. The molecule has 0 aromatic heterocycles. The van der Waals surface area contributed by atoms with Crippen LogP contribution in [0.15, 0.2) is 150 Å². The summed E-state index contributed by atoms with van der Waals surface area (Å²) in [7, 11) is -4.02. The lowest BCUT2D eigenvalue weighted by atomic mass is 10.1. The van der Waals surface area contributed by atoms with Gasteiger partial charge in [-0.25, -0.2) is 13.8 Å². The molecular weight excluding hydrogens is 600 g/mol. The predicted octanol–water partition coefficient (Wildman–Crippen LogP) is 5.54. The van der Waals surface area contributed by atoms with Crippen molar-refractivity contribution < 1.29 is 22.7 Å². The van der Waals surface area contributed by atoms with Crippen molar-refractivity contribution in [3.8, 4) is 5.75 Å². The van der Waals surface area contributed by atoms with Crippen molar-refractivity contribution in [3.05, 3.63) is 162 Å². The van der Waals surface area contributed by atoms with Crippen LogP contribution in [-0.2, 0) is 27.9 Å². The average molecular weight is 633 g/mol. The number of nitrogens with one attached hydrogen (secondary N) is 2. The standard InChI is InChI=1S/C36H32N4O5S/c41-35(37-24-28-12-4-1-5-13-28)27-45-31-22-20-29(21-23-31)25-38-39-36(42)33-18-10-11-19-34(33)40(26-30-14-6-2-7-15-30)46(43,44)32-16-8-3-9-17-32/h1-23,25H,24,26-27H2,(H,37,41)(H,39,42)/b38-25-. The Labute approximate surface area is 268 Å². The SMILES string of the molecule is O=C(COc1ccc(/C=N\NC(=O)c2ccccc2N(Cc2ccccc2)S(=O)(=O)c2ccccc2)cc1)NCc1ccccc1. The Morgan fingerprint density at radius 3 is 1.98 bits per heavy atom. The molecule has 0 heterocycles. The minimum atomic E-state index is -4.02. The second kappa shape index (κ2) is 15.3. The topological polar surface area (TPSA) is 117 Å². The number of para-hydroxylation sites is 1.